The van der Waals surface area contributed by atoms with Crippen LogP contribution in [0, 0.1) is 0 Å². The molecule has 1 aromatic carbocycles. The van der Waals surface area contributed by atoms with E-state index in [1.807, 2.05) is 6.07 Å². The Kier molecular flexibility index (Phi) is 6.97. The van der Waals surface area contributed by atoms with Gasteiger partial charge in [0.25, 0.3) is 0 Å². The summed E-state index contributed by atoms with van der Waals surface area (Å²) in [6.45, 7) is 3.26. The lowest BCUT2D eigenvalue weighted by Gasteiger charge is -2.12. The third-order valence-corrected chi connectivity index (χ3v) is 3.84. The van der Waals surface area contributed by atoms with Gasteiger partial charge in [0.2, 0.25) is 0 Å². The lowest BCUT2D eigenvalue weighted by Crippen LogP contribution is -2.36. The van der Waals surface area contributed by atoms with Crippen LogP contribution in [-0.2, 0) is 21.4 Å². The Hall–Kier alpha value is -1.28. The number of alkyl halides is 1. The quantitative estimate of drug-likeness (QED) is 0.714. The molecule has 2 N–H and O–H groups in total. The number of amides is 1. The van der Waals surface area contributed by atoms with Gasteiger partial charge in [-0.2, -0.15) is 8.42 Å². The second-order valence-electron chi connectivity index (χ2n) is 4.65. The lowest BCUT2D eigenvalue weighted by atomic mass is 10.1. The second kappa shape index (κ2) is 8.23. The summed E-state index contributed by atoms with van der Waals surface area (Å²) < 4.78 is 32.4. The number of hydrogen-bond acceptors (Lipinski definition) is 4. The van der Waals surface area contributed by atoms with Crippen molar-refractivity contribution in [2.45, 2.75) is 32.8 Å². The molecule has 0 aliphatic heterocycles. The molecular formula is C13H19BrN2O4S. The maximum absolute atomic E-state index is 11.8. The SMILES string of the molecule is CC(C)OC(=O)NS(=O)(=O)Nc1cccc(CCCBr)c1. The van der Waals surface area contributed by atoms with Crippen molar-refractivity contribution in [2.75, 3.05) is 10.1 Å². The molecule has 0 heterocycles. The van der Waals surface area contributed by atoms with Crippen LogP contribution in [-0.4, -0.2) is 25.9 Å². The molecule has 6 nitrogen and oxygen atoms in total. The summed E-state index contributed by atoms with van der Waals surface area (Å²) in [6.07, 6.45) is 0.388. The Balaban J connectivity index is 2.68. The van der Waals surface area contributed by atoms with E-state index >= 15 is 0 Å². The van der Waals surface area contributed by atoms with Crippen LogP contribution in [0.2, 0.25) is 0 Å². The first-order valence-electron chi connectivity index (χ1n) is 6.48. The number of halogens is 1. The molecule has 0 saturated carbocycles. The van der Waals surface area contributed by atoms with Gasteiger partial charge in [0, 0.05) is 5.33 Å². The number of rotatable bonds is 7. The van der Waals surface area contributed by atoms with Crippen molar-refractivity contribution in [3.63, 3.8) is 0 Å². The number of carbonyl (C=O) groups is 1. The molecule has 1 aromatic rings. The molecule has 0 fully saturated rings. The molecule has 0 saturated heterocycles. The van der Waals surface area contributed by atoms with Crippen molar-refractivity contribution in [3.05, 3.63) is 29.8 Å². The van der Waals surface area contributed by atoms with E-state index in [0.717, 1.165) is 23.7 Å². The zero-order valence-electron chi connectivity index (χ0n) is 11.9. The smallest absolute Gasteiger partial charge is 0.422 e. The van der Waals surface area contributed by atoms with Gasteiger partial charge in [0.15, 0.2) is 0 Å². The van der Waals surface area contributed by atoms with Crippen LogP contribution in [0.4, 0.5) is 10.5 Å². The van der Waals surface area contributed by atoms with E-state index in [1.54, 1.807) is 36.8 Å². The standard InChI is InChI=1S/C13H19BrN2O4S/c1-10(2)20-13(17)16-21(18,19)15-12-7-3-5-11(9-12)6-4-8-14/h3,5,7,9-10,15H,4,6,8H2,1-2H3,(H,16,17). The third kappa shape index (κ3) is 7.33. The molecule has 0 atom stereocenters. The Bertz CT molecular complexity index is 575. The Morgan fingerprint density at radius 3 is 2.71 bits per heavy atom. The van der Waals surface area contributed by atoms with Gasteiger partial charge in [0.1, 0.15) is 0 Å². The van der Waals surface area contributed by atoms with Crippen LogP contribution < -0.4 is 9.44 Å². The summed E-state index contributed by atoms with van der Waals surface area (Å²) in [7, 11) is -4.00. The highest BCUT2D eigenvalue weighted by atomic mass is 79.9. The number of nitrogens with one attached hydrogen (secondary N) is 2. The Labute approximate surface area is 133 Å². The van der Waals surface area contributed by atoms with Crippen molar-refractivity contribution in [1.29, 1.82) is 0 Å². The molecule has 0 aromatic heterocycles. The van der Waals surface area contributed by atoms with Crippen LogP contribution in [0.25, 0.3) is 0 Å². The van der Waals surface area contributed by atoms with Gasteiger partial charge in [-0.05, 0) is 44.4 Å². The second-order valence-corrected chi connectivity index (χ2v) is 6.86. The molecule has 0 spiro atoms. The van der Waals surface area contributed by atoms with E-state index < -0.39 is 22.4 Å². The minimum atomic E-state index is -4.00. The van der Waals surface area contributed by atoms with E-state index in [9.17, 15) is 13.2 Å². The fourth-order valence-corrected chi connectivity index (χ4v) is 2.63. The number of aryl methyl sites for hydroxylation is 1. The first-order valence-corrected chi connectivity index (χ1v) is 9.09. The predicted octanol–water partition coefficient (Wildman–Crippen LogP) is 2.81. The fraction of sp³-hybridized carbons (Fsp3) is 0.462. The van der Waals surface area contributed by atoms with Crippen LogP contribution in [0.1, 0.15) is 25.8 Å². The molecule has 1 rings (SSSR count). The van der Waals surface area contributed by atoms with Crippen molar-refractivity contribution in [3.8, 4) is 0 Å². The van der Waals surface area contributed by atoms with E-state index in [0.29, 0.717) is 5.69 Å². The van der Waals surface area contributed by atoms with Gasteiger partial charge in [-0.3, -0.25) is 4.72 Å². The highest BCUT2D eigenvalue weighted by Crippen LogP contribution is 2.13. The van der Waals surface area contributed by atoms with E-state index in [2.05, 4.69) is 20.7 Å². The molecule has 0 radical (unpaired) electrons. The fourth-order valence-electron chi connectivity index (χ4n) is 1.59. The minimum absolute atomic E-state index is 0.395. The van der Waals surface area contributed by atoms with Crippen LogP contribution in [0.3, 0.4) is 0 Å². The summed E-state index contributed by atoms with van der Waals surface area (Å²) >= 11 is 3.35. The number of hydrogen-bond donors (Lipinski definition) is 2. The zero-order chi connectivity index (χ0) is 15.9. The summed E-state index contributed by atoms with van der Waals surface area (Å²) in [4.78, 5) is 11.3. The van der Waals surface area contributed by atoms with E-state index in [-0.39, 0.29) is 0 Å². The van der Waals surface area contributed by atoms with E-state index in [4.69, 9.17) is 4.74 Å². The monoisotopic (exact) mass is 378 g/mol. The topological polar surface area (TPSA) is 84.5 Å². The van der Waals surface area contributed by atoms with Gasteiger partial charge < -0.3 is 4.74 Å². The summed E-state index contributed by atoms with van der Waals surface area (Å²) in [5.41, 5.74) is 1.41. The molecular weight excluding hydrogens is 360 g/mol. The largest absolute Gasteiger partial charge is 0.446 e. The molecule has 118 valence electrons. The van der Waals surface area contributed by atoms with Gasteiger partial charge in [-0.1, -0.05) is 28.1 Å². The predicted molar refractivity (Wildman–Crippen MR) is 85.9 cm³/mol. The van der Waals surface area contributed by atoms with Crippen LogP contribution in [0.15, 0.2) is 24.3 Å². The zero-order valence-corrected chi connectivity index (χ0v) is 14.3. The van der Waals surface area contributed by atoms with Gasteiger partial charge in [0.05, 0.1) is 11.8 Å². The summed E-state index contributed by atoms with van der Waals surface area (Å²) in [5.74, 6) is 0. The first-order chi connectivity index (χ1) is 9.82. The molecule has 1 amide bonds. The van der Waals surface area contributed by atoms with Crippen LogP contribution in [0.5, 0.6) is 0 Å². The highest BCUT2D eigenvalue weighted by Gasteiger charge is 2.16. The van der Waals surface area contributed by atoms with Gasteiger partial charge in [-0.25, -0.2) is 9.52 Å². The number of ether oxygens (including phenoxy) is 1. The van der Waals surface area contributed by atoms with E-state index in [1.165, 1.54) is 0 Å². The minimum Gasteiger partial charge on any atom is -0.446 e. The highest BCUT2D eigenvalue weighted by molar-refractivity contribution is 9.09. The summed E-state index contributed by atoms with van der Waals surface area (Å²) in [5, 5.41) is 0.881. The van der Waals surface area contributed by atoms with Gasteiger partial charge >= 0.3 is 16.3 Å². The van der Waals surface area contributed by atoms with Crippen molar-refractivity contribution < 1.29 is 17.9 Å². The van der Waals surface area contributed by atoms with Crippen molar-refractivity contribution >= 4 is 37.9 Å². The Morgan fingerprint density at radius 2 is 2.10 bits per heavy atom. The average Bonchev–Trinajstić information content (AvgIpc) is 2.34. The maximum atomic E-state index is 11.8. The van der Waals surface area contributed by atoms with Crippen molar-refractivity contribution in [1.82, 2.24) is 4.72 Å². The summed E-state index contributed by atoms with van der Waals surface area (Å²) in [6, 6.07) is 7.02. The molecule has 21 heavy (non-hydrogen) atoms. The average molecular weight is 379 g/mol. The molecule has 0 aliphatic rings. The maximum Gasteiger partial charge on any atom is 0.422 e. The molecule has 0 unspecified atom stereocenters. The van der Waals surface area contributed by atoms with Gasteiger partial charge in [-0.15, -0.1) is 0 Å². The number of carbonyl (C=O) groups excluding carboxylic acids is 1. The van der Waals surface area contributed by atoms with Crippen LogP contribution >= 0.6 is 15.9 Å². The third-order valence-electron chi connectivity index (χ3n) is 2.34. The van der Waals surface area contributed by atoms with Crippen molar-refractivity contribution in [2.24, 2.45) is 0 Å². The number of anilines is 1. The molecule has 0 aliphatic carbocycles. The lowest BCUT2D eigenvalue weighted by molar-refractivity contribution is 0.121. The molecule has 0 bridgehead atoms. The normalized spacial score (nSPS) is 11.2. The molecule has 8 heteroatoms. The first kappa shape index (κ1) is 17.8. The number of benzene rings is 1. The Morgan fingerprint density at radius 1 is 1.38 bits per heavy atom.